The van der Waals surface area contributed by atoms with Crippen LogP contribution >= 0.6 is 0 Å². The van der Waals surface area contributed by atoms with Gasteiger partial charge in [-0.3, -0.25) is 14.4 Å². The van der Waals surface area contributed by atoms with Gasteiger partial charge in [-0.25, -0.2) is 0 Å². The third-order valence-electron chi connectivity index (χ3n) is 15.3. The Morgan fingerprint density at radius 3 is 0.766 bits per heavy atom. The van der Waals surface area contributed by atoms with Crippen LogP contribution in [-0.4, -0.2) is 37.2 Å². The molecule has 0 saturated heterocycles. The van der Waals surface area contributed by atoms with Crippen LogP contribution in [0.25, 0.3) is 0 Å². The molecule has 0 heterocycles. The predicted octanol–water partition coefficient (Wildman–Crippen LogP) is 23.3. The number of allylic oxidation sites excluding steroid dienone is 8. The molecule has 77 heavy (non-hydrogen) atoms. The van der Waals surface area contributed by atoms with E-state index in [1.54, 1.807) is 0 Å². The van der Waals surface area contributed by atoms with Gasteiger partial charge in [0.25, 0.3) is 0 Å². The molecule has 0 spiro atoms. The second kappa shape index (κ2) is 65.9. The van der Waals surface area contributed by atoms with E-state index in [2.05, 4.69) is 69.4 Å². The molecule has 0 aliphatic heterocycles. The Hall–Kier alpha value is -2.63. The highest BCUT2D eigenvalue weighted by molar-refractivity contribution is 5.71. The molecule has 0 rings (SSSR count). The van der Waals surface area contributed by atoms with Crippen LogP contribution in [0.4, 0.5) is 0 Å². The first-order chi connectivity index (χ1) is 38.0. The standard InChI is InChI=1S/C71H130O6/c1-4-7-10-13-16-19-22-25-27-29-31-32-33-34-35-36-37-38-40-41-43-46-49-52-55-58-61-64-70(73)76-67-68(66-75-69(72)63-60-57-54-51-48-45-24-21-18-15-12-9-6-3)77-71(74)65-62-59-56-53-50-47-44-42-39-30-28-26-23-20-17-14-11-8-5-2/h17,20,26,28-29,31,39,42,68H,4-16,18-19,21-25,27,30,32-38,40-41,43-67H2,1-3H3/b20-17-,28-26-,31-29-,42-39-. The predicted molar refractivity (Wildman–Crippen MR) is 335 cm³/mol. The minimum Gasteiger partial charge on any atom is -0.462 e. The van der Waals surface area contributed by atoms with Crippen molar-refractivity contribution in [3.8, 4) is 0 Å². The van der Waals surface area contributed by atoms with Crippen LogP contribution in [-0.2, 0) is 28.6 Å². The van der Waals surface area contributed by atoms with Crippen molar-refractivity contribution >= 4 is 17.9 Å². The van der Waals surface area contributed by atoms with E-state index < -0.39 is 6.10 Å². The van der Waals surface area contributed by atoms with E-state index in [-0.39, 0.29) is 31.1 Å². The lowest BCUT2D eigenvalue weighted by atomic mass is 10.0. The Kier molecular flexibility index (Phi) is 63.6. The summed E-state index contributed by atoms with van der Waals surface area (Å²) in [5, 5.41) is 0. The Bertz CT molecular complexity index is 1330. The number of esters is 3. The van der Waals surface area contributed by atoms with E-state index in [0.29, 0.717) is 19.3 Å². The minimum absolute atomic E-state index is 0.0741. The van der Waals surface area contributed by atoms with Crippen molar-refractivity contribution in [2.45, 2.75) is 374 Å². The monoisotopic (exact) mass is 1080 g/mol. The third-order valence-corrected chi connectivity index (χ3v) is 15.3. The molecule has 1 unspecified atom stereocenters. The molecule has 0 amide bonds. The maximum absolute atomic E-state index is 12.9. The normalized spacial score (nSPS) is 12.3. The second-order valence-electron chi connectivity index (χ2n) is 23.1. The van der Waals surface area contributed by atoms with Gasteiger partial charge in [0.2, 0.25) is 0 Å². The molecule has 0 aliphatic carbocycles. The maximum atomic E-state index is 12.9. The van der Waals surface area contributed by atoms with Gasteiger partial charge in [-0.1, -0.05) is 313 Å². The highest BCUT2D eigenvalue weighted by Gasteiger charge is 2.19. The number of carbonyl (C=O) groups excluding carboxylic acids is 3. The van der Waals surface area contributed by atoms with E-state index >= 15 is 0 Å². The van der Waals surface area contributed by atoms with Gasteiger partial charge in [-0.05, 0) is 83.5 Å². The molecule has 0 N–H and O–H groups in total. The SMILES string of the molecule is CCCCC/C=C\C/C=C\C/C=C\CCCCCCCCC(=O)OC(COC(=O)CCCCCCCCCCCCCCC)COC(=O)CCCCCCCCCCCCCCCCC/C=C\CCCCCCCCCC. The van der Waals surface area contributed by atoms with Crippen LogP contribution in [0.1, 0.15) is 367 Å². The zero-order chi connectivity index (χ0) is 55.7. The fraction of sp³-hybridized carbons (Fsp3) is 0.845. The van der Waals surface area contributed by atoms with E-state index in [9.17, 15) is 14.4 Å². The highest BCUT2D eigenvalue weighted by Crippen LogP contribution is 2.18. The Morgan fingerprint density at radius 2 is 0.468 bits per heavy atom. The fourth-order valence-corrected chi connectivity index (χ4v) is 10.2. The number of unbranched alkanes of at least 4 members (excludes halogenated alkanes) is 44. The van der Waals surface area contributed by atoms with Crippen LogP contribution < -0.4 is 0 Å². The van der Waals surface area contributed by atoms with Gasteiger partial charge in [0.1, 0.15) is 13.2 Å². The first kappa shape index (κ1) is 74.4. The van der Waals surface area contributed by atoms with Crippen LogP contribution in [0.3, 0.4) is 0 Å². The summed E-state index contributed by atoms with van der Waals surface area (Å²) in [6, 6.07) is 0. The summed E-state index contributed by atoms with van der Waals surface area (Å²) < 4.78 is 17.0. The molecule has 0 radical (unpaired) electrons. The van der Waals surface area contributed by atoms with Crippen LogP contribution in [0.15, 0.2) is 48.6 Å². The van der Waals surface area contributed by atoms with Gasteiger partial charge in [-0.15, -0.1) is 0 Å². The summed E-state index contributed by atoms with van der Waals surface area (Å²) in [5.74, 6) is -0.863. The average Bonchev–Trinajstić information content (AvgIpc) is 3.43. The van der Waals surface area contributed by atoms with Crippen molar-refractivity contribution in [3.63, 3.8) is 0 Å². The third kappa shape index (κ3) is 64.1. The summed E-state index contributed by atoms with van der Waals surface area (Å²) in [6.45, 7) is 6.66. The summed E-state index contributed by atoms with van der Waals surface area (Å²) in [5.41, 5.74) is 0. The van der Waals surface area contributed by atoms with Gasteiger partial charge in [0.05, 0.1) is 0 Å². The molecule has 0 aromatic heterocycles. The lowest BCUT2D eigenvalue weighted by molar-refractivity contribution is -0.167. The lowest BCUT2D eigenvalue weighted by Gasteiger charge is -2.18. The zero-order valence-corrected chi connectivity index (χ0v) is 51.7. The molecule has 6 heteroatoms. The second-order valence-corrected chi connectivity index (χ2v) is 23.1. The van der Waals surface area contributed by atoms with Gasteiger partial charge in [0, 0.05) is 19.3 Å². The largest absolute Gasteiger partial charge is 0.462 e. The Morgan fingerprint density at radius 1 is 0.260 bits per heavy atom. The molecule has 450 valence electrons. The quantitative estimate of drug-likeness (QED) is 0.0261. The maximum Gasteiger partial charge on any atom is 0.306 e. The van der Waals surface area contributed by atoms with Gasteiger partial charge in [-0.2, -0.15) is 0 Å². The van der Waals surface area contributed by atoms with Gasteiger partial charge >= 0.3 is 17.9 Å². The Labute approximate surface area is 479 Å². The average molecular weight is 1080 g/mol. The minimum atomic E-state index is -0.778. The fourth-order valence-electron chi connectivity index (χ4n) is 10.2. The van der Waals surface area contributed by atoms with E-state index in [1.165, 1.54) is 250 Å². The lowest BCUT2D eigenvalue weighted by Crippen LogP contribution is -2.30. The molecule has 1 atom stereocenters. The first-order valence-electron chi connectivity index (χ1n) is 34.1. The van der Waals surface area contributed by atoms with Crippen LogP contribution in [0, 0.1) is 0 Å². The van der Waals surface area contributed by atoms with Crippen molar-refractivity contribution in [1.82, 2.24) is 0 Å². The highest BCUT2D eigenvalue weighted by atomic mass is 16.6. The molecule has 0 aromatic rings. The van der Waals surface area contributed by atoms with Crippen molar-refractivity contribution in [1.29, 1.82) is 0 Å². The summed E-state index contributed by atoms with van der Waals surface area (Å²) >= 11 is 0. The number of hydrogen-bond acceptors (Lipinski definition) is 6. The molecule has 0 bridgehead atoms. The molecule has 0 fully saturated rings. The number of rotatable bonds is 63. The van der Waals surface area contributed by atoms with Gasteiger partial charge < -0.3 is 14.2 Å². The molecular weight excluding hydrogens is 949 g/mol. The molecule has 0 aromatic carbocycles. The van der Waals surface area contributed by atoms with Crippen molar-refractivity contribution in [2.75, 3.05) is 13.2 Å². The van der Waals surface area contributed by atoms with E-state index in [4.69, 9.17) is 14.2 Å². The van der Waals surface area contributed by atoms with Gasteiger partial charge in [0.15, 0.2) is 6.10 Å². The van der Waals surface area contributed by atoms with E-state index in [1.807, 2.05) is 0 Å². The topological polar surface area (TPSA) is 78.9 Å². The smallest absolute Gasteiger partial charge is 0.306 e. The van der Waals surface area contributed by atoms with Crippen LogP contribution in [0.5, 0.6) is 0 Å². The number of ether oxygens (including phenoxy) is 3. The first-order valence-corrected chi connectivity index (χ1v) is 34.1. The number of hydrogen-bond donors (Lipinski definition) is 0. The van der Waals surface area contributed by atoms with Crippen molar-refractivity contribution in [3.05, 3.63) is 48.6 Å². The summed E-state index contributed by atoms with van der Waals surface area (Å²) in [4.78, 5) is 38.3. The summed E-state index contributed by atoms with van der Waals surface area (Å²) in [7, 11) is 0. The van der Waals surface area contributed by atoms with Crippen molar-refractivity contribution < 1.29 is 28.6 Å². The number of carbonyl (C=O) groups is 3. The molecule has 0 aliphatic rings. The molecule has 6 nitrogen and oxygen atoms in total. The summed E-state index contributed by atoms with van der Waals surface area (Å²) in [6.07, 6.45) is 82.7. The van der Waals surface area contributed by atoms with Crippen molar-refractivity contribution in [2.24, 2.45) is 0 Å². The Balaban J connectivity index is 4.24. The zero-order valence-electron chi connectivity index (χ0n) is 51.7. The molecule has 0 saturated carbocycles. The van der Waals surface area contributed by atoms with Crippen LogP contribution in [0.2, 0.25) is 0 Å². The van der Waals surface area contributed by atoms with E-state index in [0.717, 1.165) is 77.0 Å². The molecular formula is C71H130O6.